The zero-order valence-corrected chi connectivity index (χ0v) is 14.3. The number of anilines is 1. The van der Waals surface area contributed by atoms with Crippen LogP contribution in [0, 0.1) is 11.3 Å². The third-order valence-corrected chi connectivity index (χ3v) is 4.52. The maximum absolute atomic E-state index is 8.88. The van der Waals surface area contributed by atoms with Gasteiger partial charge in [0.2, 0.25) is 5.89 Å². The van der Waals surface area contributed by atoms with Gasteiger partial charge in [-0.1, -0.05) is 12.1 Å². The van der Waals surface area contributed by atoms with Gasteiger partial charge in [-0.15, -0.1) is 10.2 Å². The Kier molecular flexibility index (Phi) is 4.23. The van der Waals surface area contributed by atoms with E-state index in [0.717, 1.165) is 30.9 Å². The van der Waals surface area contributed by atoms with Crippen molar-refractivity contribution in [1.29, 1.82) is 5.26 Å². The van der Waals surface area contributed by atoms with E-state index < -0.39 is 0 Å². The van der Waals surface area contributed by atoms with Crippen LogP contribution in [0.3, 0.4) is 0 Å². The van der Waals surface area contributed by atoms with Crippen LogP contribution in [0.4, 0.5) is 5.82 Å². The summed E-state index contributed by atoms with van der Waals surface area (Å²) >= 11 is 0. The highest BCUT2D eigenvalue weighted by molar-refractivity contribution is 5.62. The van der Waals surface area contributed by atoms with Crippen molar-refractivity contribution in [2.24, 2.45) is 0 Å². The van der Waals surface area contributed by atoms with E-state index in [1.165, 1.54) is 0 Å². The van der Waals surface area contributed by atoms with E-state index in [1.54, 1.807) is 19.4 Å². The molecule has 1 atom stereocenters. The zero-order chi connectivity index (χ0) is 17.9. The maximum Gasteiger partial charge on any atom is 0.251 e. The number of rotatable bonds is 4. The van der Waals surface area contributed by atoms with Crippen LogP contribution in [-0.4, -0.2) is 35.4 Å². The summed E-state index contributed by atoms with van der Waals surface area (Å²) in [6.07, 6.45) is 2.50. The normalized spacial score (nSPS) is 16.5. The number of pyridine rings is 1. The Balaban J connectivity index is 1.51. The molecule has 2 aromatic heterocycles. The van der Waals surface area contributed by atoms with Crippen LogP contribution in [0.25, 0.3) is 11.5 Å². The Bertz CT molecular complexity index is 945. The largest absolute Gasteiger partial charge is 0.496 e. The molecule has 0 radical (unpaired) electrons. The summed E-state index contributed by atoms with van der Waals surface area (Å²) < 4.78 is 11.3. The molecule has 1 aliphatic rings. The van der Waals surface area contributed by atoms with Crippen LogP contribution in [0.15, 0.2) is 47.0 Å². The summed E-state index contributed by atoms with van der Waals surface area (Å²) in [6, 6.07) is 13.3. The quantitative estimate of drug-likeness (QED) is 0.717. The average molecular weight is 347 g/mol. The molecule has 3 heterocycles. The average Bonchev–Trinajstić information content (AvgIpc) is 3.37. The lowest BCUT2D eigenvalue weighted by molar-refractivity contribution is 0.412. The fourth-order valence-electron chi connectivity index (χ4n) is 3.14. The minimum atomic E-state index is 0.156. The fourth-order valence-corrected chi connectivity index (χ4v) is 3.14. The molecule has 7 heteroatoms. The first-order valence-electron chi connectivity index (χ1n) is 8.36. The Morgan fingerprint density at radius 1 is 1.23 bits per heavy atom. The molecule has 1 aliphatic heterocycles. The van der Waals surface area contributed by atoms with Gasteiger partial charge in [0, 0.05) is 19.3 Å². The molecule has 0 bridgehead atoms. The number of hydrogen-bond donors (Lipinski definition) is 0. The van der Waals surface area contributed by atoms with Crippen molar-refractivity contribution in [3.8, 4) is 23.3 Å². The molecule has 0 saturated carbocycles. The highest BCUT2D eigenvalue weighted by atomic mass is 16.5. The van der Waals surface area contributed by atoms with Gasteiger partial charge in [-0.25, -0.2) is 4.98 Å². The van der Waals surface area contributed by atoms with Crippen LogP contribution in [0.1, 0.15) is 23.8 Å². The fraction of sp³-hybridized carbons (Fsp3) is 0.263. The van der Waals surface area contributed by atoms with Gasteiger partial charge in [0.25, 0.3) is 5.89 Å². The molecule has 0 spiro atoms. The number of ether oxygens (including phenoxy) is 1. The Morgan fingerprint density at radius 3 is 2.88 bits per heavy atom. The highest BCUT2D eigenvalue weighted by Gasteiger charge is 2.29. The standard InChI is InChI=1S/C19H17N5O2/c1-25-16-5-3-2-4-15(16)19-23-22-18(26-19)14-8-9-24(12-14)17-7-6-13(10-20)11-21-17/h2-7,11,14H,8-9,12H2,1H3/t14-/m0/s1. The van der Waals surface area contributed by atoms with E-state index in [4.69, 9.17) is 14.4 Å². The van der Waals surface area contributed by atoms with Crippen LogP contribution >= 0.6 is 0 Å². The smallest absolute Gasteiger partial charge is 0.251 e. The van der Waals surface area contributed by atoms with E-state index in [-0.39, 0.29) is 5.92 Å². The second-order valence-electron chi connectivity index (χ2n) is 6.09. The molecule has 26 heavy (non-hydrogen) atoms. The van der Waals surface area contributed by atoms with Crippen LogP contribution in [-0.2, 0) is 0 Å². The van der Waals surface area contributed by atoms with E-state index in [9.17, 15) is 0 Å². The summed E-state index contributed by atoms with van der Waals surface area (Å²) in [5.74, 6) is 2.81. The monoisotopic (exact) mass is 347 g/mol. The van der Waals surface area contributed by atoms with Crippen molar-refractivity contribution in [3.63, 3.8) is 0 Å². The van der Waals surface area contributed by atoms with Crippen molar-refractivity contribution in [2.45, 2.75) is 12.3 Å². The Hall–Kier alpha value is -3.40. The lowest BCUT2D eigenvalue weighted by Gasteiger charge is -2.16. The van der Waals surface area contributed by atoms with Crippen LogP contribution in [0.5, 0.6) is 5.75 Å². The third-order valence-electron chi connectivity index (χ3n) is 4.52. The summed E-state index contributed by atoms with van der Waals surface area (Å²) in [7, 11) is 1.62. The van der Waals surface area contributed by atoms with E-state index in [1.807, 2.05) is 30.3 Å². The number of aromatic nitrogens is 3. The summed E-state index contributed by atoms with van der Waals surface area (Å²) in [5, 5.41) is 17.3. The number of methoxy groups -OCH3 is 1. The second kappa shape index (κ2) is 6.84. The first-order valence-corrected chi connectivity index (χ1v) is 8.36. The minimum absolute atomic E-state index is 0.156. The van der Waals surface area contributed by atoms with E-state index in [2.05, 4.69) is 26.2 Å². The number of para-hydroxylation sites is 1. The molecule has 0 aliphatic carbocycles. The van der Waals surface area contributed by atoms with Crippen molar-refractivity contribution in [3.05, 3.63) is 54.0 Å². The van der Waals surface area contributed by atoms with Gasteiger partial charge in [-0.3, -0.25) is 0 Å². The number of nitriles is 1. The molecule has 0 unspecified atom stereocenters. The van der Waals surface area contributed by atoms with Crippen LogP contribution in [0.2, 0.25) is 0 Å². The second-order valence-corrected chi connectivity index (χ2v) is 6.09. The van der Waals surface area contributed by atoms with Crippen LogP contribution < -0.4 is 9.64 Å². The summed E-state index contributed by atoms with van der Waals surface area (Å²) in [5.41, 5.74) is 1.35. The van der Waals surface area contributed by atoms with Gasteiger partial charge in [-0.2, -0.15) is 5.26 Å². The van der Waals surface area contributed by atoms with Gasteiger partial charge in [-0.05, 0) is 30.7 Å². The molecule has 3 aromatic rings. The Labute approximate surface area is 150 Å². The van der Waals surface area contributed by atoms with Crippen molar-refractivity contribution >= 4 is 5.82 Å². The zero-order valence-electron chi connectivity index (χ0n) is 14.3. The number of hydrogen-bond acceptors (Lipinski definition) is 7. The molecule has 130 valence electrons. The molecule has 4 rings (SSSR count). The topological polar surface area (TPSA) is 88.1 Å². The lowest BCUT2D eigenvalue weighted by atomic mass is 10.1. The van der Waals surface area contributed by atoms with Gasteiger partial charge in [0.1, 0.15) is 17.6 Å². The molecule has 0 N–H and O–H groups in total. The summed E-state index contributed by atoms with van der Waals surface area (Å²) in [6.45, 7) is 1.61. The van der Waals surface area contributed by atoms with E-state index >= 15 is 0 Å². The number of benzene rings is 1. The molecule has 1 aromatic carbocycles. The van der Waals surface area contributed by atoms with Gasteiger partial charge in [0.15, 0.2) is 0 Å². The first kappa shape index (κ1) is 16.1. The minimum Gasteiger partial charge on any atom is -0.496 e. The summed E-state index contributed by atoms with van der Waals surface area (Å²) in [4.78, 5) is 6.52. The molecule has 7 nitrogen and oxygen atoms in total. The molecule has 0 amide bonds. The predicted molar refractivity (Wildman–Crippen MR) is 94.8 cm³/mol. The van der Waals surface area contributed by atoms with Crippen molar-refractivity contribution in [2.75, 3.05) is 25.1 Å². The first-order chi connectivity index (χ1) is 12.8. The molecule has 1 fully saturated rings. The van der Waals surface area contributed by atoms with Crippen molar-refractivity contribution < 1.29 is 9.15 Å². The van der Waals surface area contributed by atoms with Gasteiger partial charge >= 0.3 is 0 Å². The SMILES string of the molecule is COc1ccccc1-c1nnc([C@H]2CCN(c3ccc(C#N)cn3)C2)o1. The van der Waals surface area contributed by atoms with Gasteiger partial charge in [0.05, 0.1) is 24.2 Å². The highest BCUT2D eigenvalue weighted by Crippen LogP contribution is 2.33. The molecule has 1 saturated heterocycles. The molecular weight excluding hydrogens is 330 g/mol. The lowest BCUT2D eigenvalue weighted by Crippen LogP contribution is -2.20. The molecular formula is C19H17N5O2. The van der Waals surface area contributed by atoms with Gasteiger partial charge < -0.3 is 14.1 Å². The van der Waals surface area contributed by atoms with Crippen molar-refractivity contribution in [1.82, 2.24) is 15.2 Å². The number of nitrogens with zero attached hydrogens (tertiary/aromatic N) is 5. The van der Waals surface area contributed by atoms with E-state index in [0.29, 0.717) is 23.1 Å². The third kappa shape index (κ3) is 2.97. The predicted octanol–water partition coefficient (Wildman–Crippen LogP) is 3.01. The Morgan fingerprint density at radius 2 is 2.12 bits per heavy atom. The maximum atomic E-state index is 8.88.